The summed E-state index contributed by atoms with van der Waals surface area (Å²) in [5.41, 5.74) is 1.10. The molecule has 0 fully saturated rings. The van der Waals surface area contributed by atoms with Gasteiger partial charge in [-0.3, -0.25) is 4.55 Å². The SMILES string of the molecule is CC(C)(CCCCS(=O)(=O)O)Cc1ccc(F)cc1. The minimum absolute atomic E-state index is 0.0248. The van der Waals surface area contributed by atoms with Crippen LogP contribution in [0.1, 0.15) is 38.7 Å². The summed E-state index contributed by atoms with van der Waals surface area (Å²) in [7, 11) is -3.85. The molecule has 1 aromatic carbocycles. The topological polar surface area (TPSA) is 54.4 Å². The van der Waals surface area contributed by atoms with Crippen molar-refractivity contribution in [2.24, 2.45) is 5.41 Å². The van der Waals surface area contributed by atoms with E-state index in [1.807, 2.05) is 0 Å². The summed E-state index contributed by atoms with van der Waals surface area (Å²) in [6, 6.07) is 6.44. The van der Waals surface area contributed by atoms with E-state index in [0.29, 0.717) is 6.42 Å². The fraction of sp³-hybridized carbons (Fsp3) is 0.571. The molecule has 0 unspecified atom stereocenters. The van der Waals surface area contributed by atoms with Gasteiger partial charge in [-0.25, -0.2) is 4.39 Å². The molecule has 1 aromatic rings. The molecule has 0 aromatic heterocycles. The van der Waals surface area contributed by atoms with Crippen molar-refractivity contribution in [1.29, 1.82) is 0 Å². The van der Waals surface area contributed by atoms with Gasteiger partial charge in [0.2, 0.25) is 0 Å². The van der Waals surface area contributed by atoms with E-state index in [2.05, 4.69) is 13.8 Å². The summed E-state index contributed by atoms with van der Waals surface area (Å²) in [4.78, 5) is 0. The van der Waals surface area contributed by atoms with E-state index in [1.54, 1.807) is 12.1 Å². The van der Waals surface area contributed by atoms with E-state index in [0.717, 1.165) is 24.8 Å². The van der Waals surface area contributed by atoms with Crippen LogP contribution in [-0.4, -0.2) is 18.7 Å². The van der Waals surface area contributed by atoms with Crippen LogP contribution >= 0.6 is 0 Å². The molecule has 3 nitrogen and oxygen atoms in total. The van der Waals surface area contributed by atoms with Gasteiger partial charge >= 0.3 is 0 Å². The number of benzene rings is 1. The molecule has 0 atom stereocenters. The van der Waals surface area contributed by atoms with Crippen molar-refractivity contribution in [2.45, 2.75) is 39.5 Å². The second kappa shape index (κ2) is 6.48. The maximum Gasteiger partial charge on any atom is 0.264 e. The first-order valence-electron chi connectivity index (χ1n) is 6.38. The van der Waals surface area contributed by atoms with Crippen LogP contribution in [0.5, 0.6) is 0 Å². The van der Waals surface area contributed by atoms with Gasteiger partial charge in [0.15, 0.2) is 0 Å². The fourth-order valence-electron chi connectivity index (χ4n) is 2.13. The lowest BCUT2D eigenvalue weighted by molar-refractivity contribution is 0.320. The molecule has 0 amide bonds. The van der Waals surface area contributed by atoms with Crippen LogP contribution < -0.4 is 0 Å². The van der Waals surface area contributed by atoms with E-state index >= 15 is 0 Å². The first-order valence-corrected chi connectivity index (χ1v) is 7.98. The van der Waals surface area contributed by atoms with E-state index in [1.165, 1.54) is 12.1 Å². The Bertz CT molecular complexity index is 492. The lowest BCUT2D eigenvalue weighted by Crippen LogP contribution is -2.15. The highest BCUT2D eigenvalue weighted by atomic mass is 32.2. The van der Waals surface area contributed by atoms with Gasteiger partial charge in [-0.15, -0.1) is 0 Å². The van der Waals surface area contributed by atoms with Gasteiger partial charge in [0.1, 0.15) is 5.82 Å². The third kappa shape index (κ3) is 7.28. The summed E-state index contributed by atoms with van der Waals surface area (Å²) in [6.45, 7) is 4.20. The molecule has 1 N–H and O–H groups in total. The molecule has 1 rings (SSSR count). The van der Waals surface area contributed by atoms with E-state index in [-0.39, 0.29) is 17.0 Å². The van der Waals surface area contributed by atoms with Crippen molar-refractivity contribution in [1.82, 2.24) is 0 Å². The predicted molar refractivity (Wildman–Crippen MR) is 74.2 cm³/mol. The second-order valence-electron chi connectivity index (χ2n) is 5.71. The zero-order valence-corrected chi connectivity index (χ0v) is 12.2. The minimum Gasteiger partial charge on any atom is -0.286 e. The Morgan fingerprint density at radius 3 is 2.26 bits per heavy atom. The Morgan fingerprint density at radius 1 is 1.16 bits per heavy atom. The van der Waals surface area contributed by atoms with Gasteiger partial charge in [-0.2, -0.15) is 8.42 Å². The predicted octanol–water partition coefficient (Wildman–Crippen LogP) is 3.45. The lowest BCUT2D eigenvalue weighted by Gasteiger charge is -2.24. The van der Waals surface area contributed by atoms with Crippen LogP contribution in [0.4, 0.5) is 4.39 Å². The molecular formula is C14H21FO3S. The van der Waals surface area contributed by atoms with Gasteiger partial charge in [0, 0.05) is 0 Å². The highest BCUT2D eigenvalue weighted by molar-refractivity contribution is 7.85. The Kier molecular flexibility index (Phi) is 5.50. The van der Waals surface area contributed by atoms with Crippen molar-refractivity contribution in [2.75, 3.05) is 5.75 Å². The maximum absolute atomic E-state index is 12.8. The van der Waals surface area contributed by atoms with Crippen LogP contribution in [0.2, 0.25) is 0 Å². The number of hydrogen-bond donors (Lipinski definition) is 1. The van der Waals surface area contributed by atoms with E-state index < -0.39 is 10.1 Å². The van der Waals surface area contributed by atoms with Crippen LogP contribution in [0.25, 0.3) is 0 Å². The standard InChI is InChI=1S/C14H21FO3S/c1-14(2,9-3-4-10-19(16,17)18)11-12-5-7-13(15)8-6-12/h5-8H,3-4,9-11H2,1-2H3,(H,16,17,18). The minimum atomic E-state index is -3.85. The van der Waals surface area contributed by atoms with Crippen LogP contribution in [0.15, 0.2) is 24.3 Å². The molecule has 0 bridgehead atoms. The fourth-order valence-corrected chi connectivity index (χ4v) is 2.70. The third-order valence-electron chi connectivity index (χ3n) is 3.10. The molecule has 19 heavy (non-hydrogen) atoms. The van der Waals surface area contributed by atoms with Gasteiger partial charge in [-0.1, -0.05) is 32.4 Å². The largest absolute Gasteiger partial charge is 0.286 e. The van der Waals surface area contributed by atoms with Crippen molar-refractivity contribution in [3.8, 4) is 0 Å². The lowest BCUT2D eigenvalue weighted by atomic mass is 9.81. The normalized spacial score (nSPS) is 12.6. The van der Waals surface area contributed by atoms with E-state index in [9.17, 15) is 12.8 Å². The van der Waals surface area contributed by atoms with Crippen LogP contribution in [0.3, 0.4) is 0 Å². The summed E-state index contributed by atoms with van der Waals surface area (Å²) in [6.07, 6.45) is 2.89. The molecule has 0 heterocycles. The van der Waals surface area contributed by atoms with Crippen molar-refractivity contribution in [3.05, 3.63) is 35.6 Å². The first-order chi connectivity index (χ1) is 8.68. The van der Waals surface area contributed by atoms with Crippen molar-refractivity contribution >= 4 is 10.1 Å². The quantitative estimate of drug-likeness (QED) is 0.617. The van der Waals surface area contributed by atoms with Crippen LogP contribution in [-0.2, 0) is 16.5 Å². The average Bonchev–Trinajstić information content (AvgIpc) is 2.26. The Hall–Kier alpha value is -0.940. The summed E-state index contributed by atoms with van der Waals surface area (Å²) in [5, 5.41) is 0. The Labute approximate surface area is 114 Å². The van der Waals surface area contributed by atoms with Crippen LogP contribution in [0, 0.1) is 11.2 Å². The molecular weight excluding hydrogens is 267 g/mol. The molecule has 108 valence electrons. The highest BCUT2D eigenvalue weighted by Gasteiger charge is 2.18. The monoisotopic (exact) mass is 288 g/mol. The molecule has 0 radical (unpaired) electrons. The van der Waals surface area contributed by atoms with Crippen molar-refractivity contribution in [3.63, 3.8) is 0 Å². The highest BCUT2D eigenvalue weighted by Crippen LogP contribution is 2.28. The molecule has 0 saturated heterocycles. The molecule has 0 aliphatic carbocycles. The second-order valence-corrected chi connectivity index (χ2v) is 7.28. The Balaban J connectivity index is 2.41. The number of halogens is 1. The first kappa shape index (κ1) is 16.1. The molecule has 0 spiro atoms. The molecule has 0 aliphatic heterocycles. The molecule has 0 aliphatic rings. The summed E-state index contributed by atoms with van der Waals surface area (Å²) < 4.78 is 42.6. The molecule has 5 heteroatoms. The Morgan fingerprint density at radius 2 is 1.74 bits per heavy atom. The third-order valence-corrected chi connectivity index (χ3v) is 3.91. The zero-order chi connectivity index (χ0) is 14.5. The van der Waals surface area contributed by atoms with Gasteiger partial charge in [0.25, 0.3) is 10.1 Å². The summed E-state index contributed by atoms with van der Waals surface area (Å²) in [5.74, 6) is -0.422. The number of unbranched alkanes of at least 4 members (excludes halogenated alkanes) is 1. The zero-order valence-electron chi connectivity index (χ0n) is 11.4. The van der Waals surface area contributed by atoms with Crippen molar-refractivity contribution < 1.29 is 17.4 Å². The van der Waals surface area contributed by atoms with E-state index in [4.69, 9.17) is 4.55 Å². The summed E-state index contributed by atoms with van der Waals surface area (Å²) >= 11 is 0. The van der Waals surface area contributed by atoms with Gasteiger partial charge in [-0.05, 0) is 42.4 Å². The molecule has 0 saturated carbocycles. The smallest absolute Gasteiger partial charge is 0.264 e. The number of rotatable bonds is 7. The van der Waals surface area contributed by atoms with Gasteiger partial charge in [0.05, 0.1) is 5.75 Å². The average molecular weight is 288 g/mol. The maximum atomic E-state index is 12.8. The number of hydrogen-bond acceptors (Lipinski definition) is 2. The van der Waals surface area contributed by atoms with Gasteiger partial charge < -0.3 is 0 Å².